The molecule has 0 spiro atoms. The van der Waals surface area contributed by atoms with Crippen molar-refractivity contribution in [3.8, 4) is 0 Å². The van der Waals surface area contributed by atoms with E-state index < -0.39 is 0 Å². The molecule has 1 heterocycles. The first-order chi connectivity index (χ1) is 5.24. The number of hydrogen-bond donors (Lipinski definition) is 1. The first kappa shape index (κ1) is 8.93. The fourth-order valence-corrected chi connectivity index (χ4v) is 1.23. The second-order valence-electron chi connectivity index (χ2n) is 3.25. The molecule has 1 fully saturated rings. The Labute approximate surface area is 67.9 Å². The lowest BCUT2D eigenvalue weighted by molar-refractivity contribution is 0.0302. The van der Waals surface area contributed by atoms with E-state index in [-0.39, 0.29) is 0 Å². The molecule has 1 aliphatic heterocycles. The molecule has 0 aromatic heterocycles. The molecule has 0 amide bonds. The van der Waals surface area contributed by atoms with Crippen LogP contribution in [0.3, 0.4) is 0 Å². The van der Waals surface area contributed by atoms with E-state index in [9.17, 15) is 0 Å². The Balaban J connectivity index is 2.00. The number of nitrogens with zero attached hydrogens (tertiary/aromatic N) is 2. The Morgan fingerprint density at radius 1 is 1.55 bits per heavy atom. The largest absolute Gasteiger partial charge is 0.304 e. The van der Waals surface area contributed by atoms with Gasteiger partial charge >= 0.3 is 0 Å². The van der Waals surface area contributed by atoms with Crippen molar-refractivity contribution >= 4 is 0 Å². The summed E-state index contributed by atoms with van der Waals surface area (Å²) in [5.41, 5.74) is 0. The molecule has 0 atom stereocenters. The van der Waals surface area contributed by atoms with Crippen molar-refractivity contribution in [3.05, 3.63) is 0 Å². The molecule has 0 aromatic carbocycles. The van der Waals surface area contributed by atoms with E-state index >= 15 is 0 Å². The van der Waals surface area contributed by atoms with Gasteiger partial charge in [0.15, 0.2) is 0 Å². The Bertz CT molecular complexity index is 112. The molecule has 0 radical (unpaired) electrons. The van der Waals surface area contributed by atoms with Crippen molar-refractivity contribution in [1.29, 1.82) is 0 Å². The fraction of sp³-hybridized carbons (Fsp3) is 1.00. The number of nitrogens with two attached hydrogens (primary N) is 1. The molecular formula is C7H17N3O. The minimum atomic E-state index is 0.639. The second-order valence-corrected chi connectivity index (χ2v) is 3.25. The van der Waals surface area contributed by atoms with E-state index in [1.807, 2.05) is 0 Å². The summed E-state index contributed by atoms with van der Waals surface area (Å²) in [4.78, 5) is 9.07. The van der Waals surface area contributed by atoms with Crippen LogP contribution in [-0.2, 0) is 4.84 Å². The lowest BCUT2D eigenvalue weighted by atomic mass is 10.1. The molecule has 66 valence electrons. The molecular weight excluding hydrogens is 142 g/mol. The van der Waals surface area contributed by atoms with E-state index in [1.54, 1.807) is 0 Å². The number of rotatable bonds is 4. The van der Waals surface area contributed by atoms with Crippen LogP contribution in [0.15, 0.2) is 0 Å². The van der Waals surface area contributed by atoms with Crippen LogP contribution in [0.2, 0.25) is 0 Å². The summed E-state index contributed by atoms with van der Waals surface area (Å²) in [6.07, 6.45) is 0. The van der Waals surface area contributed by atoms with E-state index in [2.05, 4.69) is 28.7 Å². The van der Waals surface area contributed by atoms with Gasteiger partial charge in [-0.2, -0.15) is 0 Å². The summed E-state index contributed by atoms with van der Waals surface area (Å²) in [5.74, 6) is 4.91. The van der Waals surface area contributed by atoms with Crippen LogP contribution in [0, 0.1) is 0 Å². The summed E-state index contributed by atoms with van der Waals surface area (Å²) in [6, 6.07) is 0.729. The molecule has 0 aromatic rings. The van der Waals surface area contributed by atoms with Crippen LogP contribution in [-0.4, -0.2) is 56.2 Å². The van der Waals surface area contributed by atoms with Crippen molar-refractivity contribution in [3.63, 3.8) is 0 Å². The number of hydrogen-bond acceptors (Lipinski definition) is 4. The van der Waals surface area contributed by atoms with Crippen molar-refractivity contribution in [2.45, 2.75) is 6.04 Å². The van der Waals surface area contributed by atoms with Crippen molar-refractivity contribution in [2.75, 3.05) is 40.3 Å². The van der Waals surface area contributed by atoms with Crippen molar-refractivity contribution in [1.82, 2.24) is 9.80 Å². The highest BCUT2D eigenvalue weighted by atomic mass is 16.6. The van der Waals surface area contributed by atoms with Crippen LogP contribution < -0.4 is 5.90 Å². The Kier molecular flexibility index (Phi) is 3.26. The minimum Gasteiger partial charge on any atom is -0.304 e. The summed E-state index contributed by atoms with van der Waals surface area (Å²) in [5, 5.41) is 0. The summed E-state index contributed by atoms with van der Waals surface area (Å²) in [7, 11) is 4.23. The highest BCUT2D eigenvalue weighted by Crippen LogP contribution is 2.10. The predicted molar refractivity (Wildman–Crippen MR) is 44.1 cm³/mol. The highest BCUT2D eigenvalue weighted by molar-refractivity contribution is 4.84. The van der Waals surface area contributed by atoms with Gasteiger partial charge in [0.05, 0.1) is 6.61 Å². The fourth-order valence-electron chi connectivity index (χ4n) is 1.23. The molecule has 2 N–H and O–H groups in total. The summed E-state index contributed by atoms with van der Waals surface area (Å²) >= 11 is 0. The van der Waals surface area contributed by atoms with Gasteiger partial charge in [-0.25, -0.2) is 5.90 Å². The van der Waals surface area contributed by atoms with Crippen LogP contribution in [0.25, 0.3) is 0 Å². The zero-order valence-corrected chi connectivity index (χ0v) is 7.29. The zero-order valence-electron chi connectivity index (χ0n) is 7.29. The van der Waals surface area contributed by atoms with Gasteiger partial charge in [-0.3, -0.25) is 4.90 Å². The Hall–Kier alpha value is -0.160. The van der Waals surface area contributed by atoms with Crippen LogP contribution >= 0.6 is 0 Å². The van der Waals surface area contributed by atoms with Gasteiger partial charge in [0.25, 0.3) is 0 Å². The lowest BCUT2D eigenvalue weighted by Crippen LogP contribution is -2.57. The van der Waals surface area contributed by atoms with Gasteiger partial charge in [0.1, 0.15) is 0 Å². The van der Waals surface area contributed by atoms with Crippen LogP contribution in [0.1, 0.15) is 0 Å². The maximum atomic E-state index is 4.91. The van der Waals surface area contributed by atoms with E-state index in [4.69, 9.17) is 5.90 Å². The van der Waals surface area contributed by atoms with Crippen molar-refractivity contribution in [2.24, 2.45) is 5.90 Å². The third kappa shape index (κ3) is 2.41. The molecule has 0 saturated carbocycles. The summed E-state index contributed by atoms with van der Waals surface area (Å²) < 4.78 is 0. The molecule has 4 nitrogen and oxygen atoms in total. The number of likely N-dealkylation sites (tertiary alicyclic amines) is 1. The van der Waals surface area contributed by atoms with E-state index in [1.165, 1.54) is 0 Å². The normalized spacial score (nSPS) is 20.7. The monoisotopic (exact) mass is 159 g/mol. The molecule has 0 bridgehead atoms. The van der Waals surface area contributed by atoms with Crippen LogP contribution in [0.4, 0.5) is 0 Å². The molecule has 11 heavy (non-hydrogen) atoms. The molecule has 0 unspecified atom stereocenters. The molecule has 1 rings (SSSR count). The first-order valence-corrected chi connectivity index (χ1v) is 3.94. The maximum absolute atomic E-state index is 4.91. The van der Waals surface area contributed by atoms with Gasteiger partial charge in [-0.1, -0.05) is 0 Å². The van der Waals surface area contributed by atoms with Gasteiger partial charge in [0.2, 0.25) is 0 Å². The molecule has 1 aliphatic rings. The van der Waals surface area contributed by atoms with Gasteiger partial charge in [-0.15, -0.1) is 0 Å². The smallest absolute Gasteiger partial charge is 0.0806 e. The Morgan fingerprint density at radius 3 is 2.64 bits per heavy atom. The third-order valence-electron chi connectivity index (χ3n) is 2.19. The average Bonchev–Trinajstić information content (AvgIpc) is 1.84. The van der Waals surface area contributed by atoms with Gasteiger partial charge in [0, 0.05) is 25.7 Å². The average molecular weight is 159 g/mol. The quantitative estimate of drug-likeness (QED) is 0.541. The highest BCUT2D eigenvalue weighted by Gasteiger charge is 2.27. The maximum Gasteiger partial charge on any atom is 0.0806 e. The SMILES string of the molecule is CN(C)C1CN(CCON)C1. The molecule has 4 heteroatoms. The Morgan fingerprint density at radius 2 is 2.18 bits per heavy atom. The molecule has 0 aliphatic carbocycles. The molecule has 1 saturated heterocycles. The van der Waals surface area contributed by atoms with Gasteiger partial charge < -0.3 is 9.74 Å². The third-order valence-corrected chi connectivity index (χ3v) is 2.19. The van der Waals surface area contributed by atoms with Crippen LogP contribution in [0.5, 0.6) is 0 Å². The number of likely N-dealkylation sites (N-methyl/N-ethyl adjacent to an activating group) is 1. The van der Waals surface area contributed by atoms with Crippen molar-refractivity contribution < 1.29 is 4.84 Å². The van der Waals surface area contributed by atoms with E-state index in [0.717, 1.165) is 25.7 Å². The lowest BCUT2D eigenvalue weighted by Gasteiger charge is -2.42. The first-order valence-electron chi connectivity index (χ1n) is 3.94. The zero-order chi connectivity index (χ0) is 8.27. The summed E-state index contributed by atoms with van der Waals surface area (Å²) in [6.45, 7) is 3.90. The predicted octanol–water partition coefficient (Wildman–Crippen LogP) is -0.877. The van der Waals surface area contributed by atoms with Gasteiger partial charge in [-0.05, 0) is 14.1 Å². The topological polar surface area (TPSA) is 41.7 Å². The second kappa shape index (κ2) is 4.01. The van der Waals surface area contributed by atoms with E-state index in [0.29, 0.717) is 6.61 Å². The standard InChI is InChI=1S/C7H17N3O/c1-9(2)7-5-10(6-7)3-4-11-8/h7H,3-6,8H2,1-2H3. The minimum absolute atomic E-state index is 0.639.